The first-order chi connectivity index (χ1) is 9.81. The lowest BCUT2D eigenvalue weighted by molar-refractivity contribution is 0.436. The first-order valence-corrected chi connectivity index (χ1v) is 7.11. The van der Waals surface area contributed by atoms with E-state index in [4.69, 9.17) is 4.74 Å². The number of benzene rings is 1. The second kappa shape index (κ2) is 5.72. The fraction of sp³-hybridized carbons (Fsp3) is 0.412. The largest absolute Gasteiger partial charge is 0.438 e. The van der Waals surface area contributed by atoms with Gasteiger partial charge in [-0.2, -0.15) is 4.98 Å². The van der Waals surface area contributed by atoms with E-state index in [1.165, 1.54) is 11.1 Å². The zero-order valence-corrected chi connectivity index (χ0v) is 13.6. The van der Waals surface area contributed by atoms with Gasteiger partial charge in [-0.1, -0.05) is 38.5 Å². The van der Waals surface area contributed by atoms with Gasteiger partial charge < -0.3 is 10.1 Å². The van der Waals surface area contributed by atoms with Gasteiger partial charge in [0, 0.05) is 24.4 Å². The van der Waals surface area contributed by atoms with Crippen molar-refractivity contribution in [1.82, 2.24) is 9.97 Å². The van der Waals surface area contributed by atoms with E-state index in [1.54, 1.807) is 13.2 Å². The van der Waals surface area contributed by atoms with Gasteiger partial charge in [-0.05, 0) is 25.3 Å². The summed E-state index contributed by atoms with van der Waals surface area (Å²) < 4.78 is 6.07. The Morgan fingerprint density at radius 1 is 1.14 bits per heavy atom. The minimum Gasteiger partial charge on any atom is -0.438 e. The molecule has 21 heavy (non-hydrogen) atoms. The smallest absolute Gasteiger partial charge is 0.226 e. The summed E-state index contributed by atoms with van der Waals surface area (Å²) in [6.45, 7) is 10.6. The molecule has 2 aromatic rings. The van der Waals surface area contributed by atoms with E-state index in [1.807, 2.05) is 13.0 Å². The van der Waals surface area contributed by atoms with Crippen LogP contribution in [0.3, 0.4) is 0 Å². The van der Waals surface area contributed by atoms with E-state index in [2.05, 4.69) is 55.1 Å². The summed E-state index contributed by atoms with van der Waals surface area (Å²) in [7, 11) is 1.79. The van der Waals surface area contributed by atoms with Crippen LogP contribution in [0.5, 0.6) is 11.6 Å². The van der Waals surface area contributed by atoms with E-state index < -0.39 is 0 Å². The van der Waals surface area contributed by atoms with Crippen LogP contribution in [-0.4, -0.2) is 17.0 Å². The molecule has 0 unspecified atom stereocenters. The molecule has 0 radical (unpaired) electrons. The number of nitrogens with one attached hydrogen (secondary N) is 1. The molecule has 0 fully saturated rings. The Labute approximate surface area is 126 Å². The van der Waals surface area contributed by atoms with Crippen LogP contribution in [0.25, 0.3) is 0 Å². The van der Waals surface area contributed by atoms with Crippen LogP contribution in [-0.2, 0) is 5.41 Å². The van der Waals surface area contributed by atoms with Crippen molar-refractivity contribution in [3.8, 4) is 11.6 Å². The Morgan fingerprint density at radius 2 is 1.86 bits per heavy atom. The third kappa shape index (κ3) is 3.51. The molecule has 0 bridgehead atoms. The van der Waals surface area contributed by atoms with Crippen LogP contribution in [0, 0.1) is 13.8 Å². The van der Waals surface area contributed by atoms with Crippen molar-refractivity contribution >= 4 is 5.95 Å². The molecule has 0 aliphatic carbocycles. The Balaban J connectivity index is 2.45. The van der Waals surface area contributed by atoms with Crippen LogP contribution in [0.4, 0.5) is 5.95 Å². The van der Waals surface area contributed by atoms with Gasteiger partial charge in [0.25, 0.3) is 0 Å². The number of hydrogen-bond acceptors (Lipinski definition) is 4. The highest BCUT2D eigenvalue weighted by molar-refractivity contribution is 5.44. The first-order valence-electron chi connectivity index (χ1n) is 7.11. The summed E-state index contributed by atoms with van der Waals surface area (Å²) in [5, 5.41) is 2.93. The maximum absolute atomic E-state index is 6.07. The molecule has 0 saturated carbocycles. The van der Waals surface area contributed by atoms with E-state index in [0.29, 0.717) is 11.8 Å². The molecule has 112 valence electrons. The van der Waals surface area contributed by atoms with E-state index >= 15 is 0 Å². The van der Waals surface area contributed by atoms with Crippen molar-refractivity contribution in [2.75, 3.05) is 12.4 Å². The van der Waals surface area contributed by atoms with Crippen molar-refractivity contribution in [2.45, 2.75) is 40.0 Å². The number of nitrogens with zero attached hydrogens (tertiary/aromatic N) is 2. The highest BCUT2D eigenvalue weighted by Crippen LogP contribution is 2.35. The molecule has 1 heterocycles. The quantitative estimate of drug-likeness (QED) is 0.917. The summed E-state index contributed by atoms with van der Waals surface area (Å²) in [6.07, 6.45) is 1.76. The van der Waals surface area contributed by atoms with Crippen LogP contribution in [0.15, 0.2) is 24.4 Å². The zero-order chi connectivity index (χ0) is 15.6. The van der Waals surface area contributed by atoms with Gasteiger partial charge in [-0.3, -0.25) is 0 Å². The molecule has 4 nitrogen and oxygen atoms in total. The molecule has 0 aliphatic heterocycles. The minimum atomic E-state index is 0.00806. The Kier molecular flexibility index (Phi) is 4.16. The molecular formula is C17H23N3O. The Bertz CT molecular complexity index is 645. The van der Waals surface area contributed by atoms with Crippen molar-refractivity contribution in [1.29, 1.82) is 0 Å². The first kappa shape index (κ1) is 15.3. The Hall–Kier alpha value is -2.10. The van der Waals surface area contributed by atoms with Crippen LogP contribution >= 0.6 is 0 Å². The van der Waals surface area contributed by atoms with Gasteiger partial charge in [0.2, 0.25) is 11.8 Å². The highest BCUT2D eigenvalue weighted by atomic mass is 16.5. The maximum atomic E-state index is 6.07. The number of hydrogen-bond donors (Lipinski definition) is 1. The summed E-state index contributed by atoms with van der Waals surface area (Å²) in [4.78, 5) is 8.57. The molecule has 4 heteroatoms. The van der Waals surface area contributed by atoms with Gasteiger partial charge >= 0.3 is 0 Å². The standard InChI is InChI=1S/C17H23N3O/c1-11-7-8-14(13(9-11)17(3,4)5)21-15-12(2)10-19-16(18-6)20-15/h7-10H,1-6H3,(H,18,19,20). The number of aryl methyl sites for hydroxylation is 2. The predicted molar refractivity (Wildman–Crippen MR) is 86.3 cm³/mol. The average molecular weight is 285 g/mol. The third-order valence-electron chi connectivity index (χ3n) is 3.30. The molecular weight excluding hydrogens is 262 g/mol. The highest BCUT2D eigenvalue weighted by Gasteiger charge is 2.20. The molecule has 1 N–H and O–H groups in total. The summed E-state index contributed by atoms with van der Waals surface area (Å²) >= 11 is 0. The van der Waals surface area contributed by atoms with E-state index in [0.717, 1.165) is 11.3 Å². The maximum Gasteiger partial charge on any atom is 0.226 e. The predicted octanol–water partition coefficient (Wildman–Crippen LogP) is 4.22. The molecule has 0 atom stereocenters. The summed E-state index contributed by atoms with van der Waals surface area (Å²) in [5.74, 6) is 1.99. The third-order valence-corrected chi connectivity index (χ3v) is 3.30. The van der Waals surface area contributed by atoms with Crippen molar-refractivity contribution in [3.63, 3.8) is 0 Å². The molecule has 0 spiro atoms. The van der Waals surface area contributed by atoms with Crippen LogP contribution in [0.2, 0.25) is 0 Å². The number of ether oxygens (including phenoxy) is 1. The topological polar surface area (TPSA) is 47.0 Å². The summed E-state index contributed by atoms with van der Waals surface area (Å²) in [5.41, 5.74) is 3.32. The van der Waals surface area contributed by atoms with Gasteiger partial charge in [0.1, 0.15) is 5.75 Å². The molecule has 0 amide bonds. The normalized spacial score (nSPS) is 11.3. The number of aromatic nitrogens is 2. The lowest BCUT2D eigenvalue weighted by Crippen LogP contribution is -2.13. The zero-order valence-electron chi connectivity index (χ0n) is 13.6. The Morgan fingerprint density at radius 3 is 2.48 bits per heavy atom. The lowest BCUT2D eigenvalue weighted by Gasteiger charge is -2.23. The minimum absolute atomic E-state index is 0.00806. The average Bonchev–Trinajstić information content (AvgIpc) is 2.42. The van der Waals surface area contributed by atoms with E-state index in [-0.39, 0.29) is 5.41 Å². The number of anilines is 1. The van der Waals surface area contributed by atoms with Crippen molar-refractivity contribution < 1.29 is 4.74 Å². The van der Waals surface area contributed by atoms with Crippen molar-refractivity contribution in [2.24, 2.45) is 0 Å². The second-order valence-corrected chi connectivity index (χ2v) is 6.28. The molecule has 0 saturated heterocycles. The van der Waals surface area contributed by atoms with Gasteiger partial charge in [-0.25, -0.2) is 4.98 Å². The van der Waals surface area contributed by atoms with Gasteiger partial charge in [0.05, 0.1) is 0 Å². The van der Waals surface area contributed by atoms with Gasteiger partial charge in [0.15, 0.2) is 0 Å². The molecule has 1 aromatic carbocycles. The second-order valence-electron chi connectivity index (χ2n) is 6.28. The van der Waals surface area contributed by atoms with E-state index in [9.17, 15) is 0 Å². The molecule has 0 aliphatic rings. The summed E-state index contributed by atoms with van der Waals surface area (Å²) in [6, 6.07) is 6.24. The SMILES string of the molecule is CNc1ncc(C)c(Oc2ccc(C)cc2C(C)(C)C)n1. The lowest BCUT2D eigenvalue weighted by atomic mass is 9.85. The fourth-order valence-corrected chi connectivity index (χ4v) is 2.07. The monoisotopic (exact) mass is 285 g/mol. The van der Waals surface area contributed by atoms with Crippen molar-refractivity contribution in [3.05, 3.63) is 41.1 Å². The molecule has 2 rings (SSSR count). The van der Waals surface area contributed by atoms with Crippen LogP contribution in [0.1, 0.15) is 37.5 Å². The van der Waals surface area contributed by atoms with Crippen LogP contribution < -0.4 is 10.1 Å². The molecule has 1 aromatic heterocycles. The van der Waals surface area contributed by atoms with Gasteiger partial charge in [-0.15, -0.1) is 0 Å². The number of rotatable bonds is 3. The fourth-order valence-electron chi connectivity index (χ4n) is 2.07.